The molecule has 4 aromatic rings. The van der Waals surface area contributed by atoms with Crippen molar-refractivity contribution in [2.45, 2.75) is 5.92 Å². The Balaban J connectivity index is 1.34. The maximum atomic E-state index is 13.0. The van der Waals surface area contributed by atoms with Gasteiger partial charge in [-0.15, -0.1) is 0 Å². The first-order valence-electron chi connectivity index (χ1n) is 11.1. The normalized spacial score (nSPS) is 10.9. The number of nitro benzene ring substituents is 1. The van der Waals surface area contributed by atoms with Gasteiger partial charge in [-0.3, -0.25) is 19.7 Å². The highest BCUT2D eigenvalue weighted by Crippen LogP contribution is 2.26. The standard InChI is InChI=1S/C27H22N4O5/c32-25(18-28-27(33)26(19-8-3-1-4-9-19)20-10-5-2-6-11-20)30-29-17-23-14-15-24(36-23)21-12-7-13-22(16-21)31(34)35/h1-17,26H,18H2,(H,28,33)(H,30,32). The second kappa shape index (κ2) is 11.4. The summed E-state index contributed by atoms with van der Waals surface area (Å²) in [5.41, 5.74) is 4.48. The Morgan fingerprint density at radius 2 is 1.58 bits per heavy atom. The van der Waals surface area contributed by atoms with Gasteiger partial charge in [-0.05, 0) is 23.3 Å². The van der Waals surface area contributed by atoms with Gasteiger partial charge < -0.3 is 9.73 Å². The molecule has 36 heavy (non-hydrogen) atoms. The van der Waals surface area contributed by atoms with E-state index in [4.69, 9.17) is 4.42 Å². The quantitative estimate of drug-likeness (QED) is 0.209. The van der Waals surface area contributed by atoms with Gasteiger partial charge in [-0.1, -0.05) is 72.8 Å². The molecule has 0 saturated carbocycles. The van der Waals surface area contributed by atoms with E-state index in [1.54, 1.807) is 24.3 Å². The van der Waals surface area contributed by atoms with Gasteiger partial charge in [-0.25, -0.2) is 5.43 Å². The number of amides is 2. The second-order valence-corrected chi connectivity index (χ2v) is 7.77. The van der Waals surface area contributed by atoms with E-state index in [9.17, 15) is 19.7 Å². The molecule has 0 fully saturated rings. The summed E-state index contributed by atoms with van der Waals surface area (Å²) < 4.78 is 5.62. The van der Waals surface area contributed by atoms with Gasteiger partial charge in [0.05, 0.1) is 23.6 Å². The Morgan fingerprint density at radius 3 is 2.22 bits per heavy atom. The Labute approximate surface area is 206 Å². The summed E-state index contributed by atoms with van der Waals surface area (Å²) in [5, 5.41) is 17.5. The zero-order valence-corrected chi connectivity index (χ0v) is 19.0. The van der Waals surface area contributed by atoms with Crippen LogP contribution in [0.3, 0.4) is 0 Å². The molecule has 2 amide bonds. The molecule has 0 spiro atoms. The third-order valence-electron chi connectivity index (χ3n) is 5.30. The third-order valence-corrected chi connectivity index (χ3v) is 5.30. The molecule has 0 saturated heterocycles. The van der Waals surface area contributed by atoms with Crippen molar-refractivity contribution in [3.63, 3.8) is 0 Å². The lowest BCUT2D eigenvalue weighted by molar-refractivity contribution is -0.384. The summed E-state index contributed by atoms with van der Waals surface area (Å²) >= 11 is 0. The maximum absolute atomic E-state index is 13.0. The van der Waals surface area contributed by atoms with Crippen molar-refractivity contribution < 1.29 is 18.9 Å². The molecule has 9 heteroatoms. The number of hydrogen-bond acceptors (Lipinski definition) is 6. The van der Waals surface area contributed by atoms with Gasteiger partial charge in [0.1, 0.15) is 11.5 Å². The van der Waals surface area contributed by atoms with Gasteiger partial charge in [0.15, 0.2) is 0 Å². The monoisotopic (exact) mass is 482 g/mol. The van der Waals surface area contributed by atoms with E-state index >= 15 is 0 Å². The van der Waals surface area contributed by atoms with Crippen LogP contribution >= 0.6 is 0 Å². The molecule has 180 valence electrons. The molecule has 0 atom stereocenters. The van der Waals surface area contributed by atoms with Crippen molar-refractivity contribution in [2.75, 3.05) is 6.54 Å². The molecule has 0 aliphatic carbocycles. The van der Waals surface area contributed by atoms with E-state index in [1.165, 1.54) is 18.3 Å². The molecule has 0 bridgehead atoms. The zero-order chi connectivity index (χ0) is 25.3. The highest BCUT2D eigenvalue weighted by molar-refractivity contribution is 5.91. The molecule has 0 aliphatic rings. The predicted molar refractivity (Wildman–Crippen MR) is 134 cm³/mol. The minimum absolute atomic E-state index is 0.0461. The highest BCUT2D eigenvalue weighted by Gasteiger charge is 2.22. The minimum atomic E-state index is -0.556. The van der Waals surface area contributed by atoms with Crippen LogP contribution in [-0.4, -0.2) is 29.5 Å². The van der Waals surface area contributed by atoms with Gasteiger partial charge in [0.2, 0.25) is 5.91 Å². The average Bonchev–Trinajstić information content (AvgIpc) is 3.38. The third kappa shape index (κ3) is 6.09. The van der Waals surface area contributed by atoms with E-state index in [2.05, 4.69) is 15.8 Å². The topological polar surface area (TPSA) is 127 Å². The molecule has 0 aliphatic heterocycles. The predicted octanol–water partition coefficient (Wildman–Crippen LogP) is 4.25. The van der Waals surface area contributed by atoms with Gasteiger partial charge in [-0.2, -0.15) is 5.10 Å². The molecule has 4 rings (SSSR count). The summed E-state index contributed by atoms with van der Waals surface area (Å²) in [7, 11) is 0. The summed E-state index contributed by atoms with van der Waals surface area (Å²) in [4.78, 5) is 35.7. The molecule has 0 unspecified atom stereocenters. The molecule has 1 aromatic heterocycles. The van der Waals surface area contributed by atoms with Gasteiger partial charge in [0, 0.05) is 17.7 Å². The van der Waals surface area contributed by atoms with Crippen LogP contribution in [0.15, 0.2) is 107 Å². The summed E-state index contributed by atoms with van der Waals surface area (Å²) in [6, 6.07) is 28.0. The Kier molecular flexibility index (Phi) is 7.62. The van der Waals surface area contributed by atoms with Crippen molar-refractivity contribution in [3.05, 3.63) is 124 Å². The number of carbonyl (C=O) groups excluding carboxylic acids is 2. The van der Waals surface area contributed by atoms with Crippen LogP contribution in [0.2, 0.25) is 0 Å². The number of furan rings is 1. The number of hydrazone groups is 1. The molecule has 2 N–H and O–H groups in total. The van der Waals surface area contributed by atoms with E-state index in [1.807, 2.05) is 60.7 Å². The van der Waals surface area contributed by atoms with Crippen LogP contribution in [0.25, 0.3) is 11.3 Å². The smallest absolute Gasteiger partial charge is 0.270 e. The number of nitrogens with zero attached hydrogens (tertiary/aromatic N) is 2. The first kappa shape index (κ1) is 24.1. The fourth-order valence-electron chi connectivity index (χ4n) is 3.61. The number of nitro groups is 1. The number of rotatable bonds is 9. The van der Waals surface area contributed by atoms with E-state index in [0.29, 0.717) is 17.1 Å². The van der Waals surface area contributed by atoms with Crippen molar-refractivity contribution >= 4 is 23.7 Å². The second-order valence-electron chi connectivity index (χ2n) is 7.77. The molecular weight excluding hydrogens is 460 g/mol. The van der Waals surface area contributed by atoms with Crippen molar-refractivity contribution in [2.24, 2.45) is 5.10 Å². The summed E-state index contributed by atoms with van der Waals surface area (Å²) in [6.45, 7) is -0.260. The van der Waals surface area contributed by atoms with E-state index in [-0.39, 0.29) is 18.1 Å². The van der Waals surface area contributed by atoms with Crippen molar-refractivity contribution in [3.8, 4) is 11.3 Å². The SMILES string of the molecule is O=C(CNC(=O)C(c1ccccc1)c1ccccc1)NN=Cc1ccc(-c2cccc([N+](=O)[O-])c2)o1. The summed E-state index contributed by atoms with van der Waals surface area (Å²) in [6.07, 6.45) is 1.30. The lowest BCUT2D eigenvalue weighted by atomic mass is 9.90. The fraction of sp³-hybridized carbons (Fsp3) is 0.0741. The lowest BCUT2D eigenvalue weighted by Gasteiger charge is -2.17. The molecule has 9 nitrogen and oxygen atoms in total. The van der Waals surface area contributed by atoms with Gasteiger partial charge >= 0.3 is 0 Å². The van der Waals surface area contributed by atoms with Crippen molar-refractivity contribution in [1.29, 1.82) is 0 Å². The zero-order valence-electron chi connectivity index (χ0n) is 19.0. The fourth-order valence-corrected chi connectivity index (χ4v) is 3.61. The van der Waals surface area contributed by atoms with Gasteiger partial charge in [0.25, 0.3) is 11.6 Å². The molecule has 1 heterocycles. The Hall–Kier alpha value is -5.05. The van der Waals surface area contributed by atoms with Crippen LogP contribution in [0.5, 0.6) is 0 Å². The molecule has 3 aromatic carbocycles. The minimum Gasteiger partial charge on any atom is -0.455 e. The van der Waals surface area contributed by atoms with Crippen LogP contribution in [0.1, 0.15) is 22.8 Å². The average molecular weight is 482 g/mol. The summed E-state index contributed by atoms with van der Waals surface area (Å²) in [5.74, 6) is -0.608. The number of nitrogens with one attached hydrogen (secondary N) is 2. The Bertz CT molecular complexity index is 1340. The first-order valence-corrected chi connectivity index (χ1v) is 11.1. The van der Waals surface area contributed by atoms with Crippen LogP contribution in [0.4, 0.5) is 5.69 Å². The lowest BCUT2D eigenvalue weighted by Crippen LogP contribution is -2.37. The van der Waals surface area contributed by atoms with Crippen LogP contribution in [0, 0.1) is 10.1 Å². The maximum Gasteiger partial charge on any atom is 0.270 e. The number of non-ortho nitro benzene ring substituents is 1. The van der Waals surface area contributed by atoms with Crippen molar-refractivity contribution in [1.82, 2.24) is 10.7 Å². The van der Waals surface area contributed by atoms with Crippen LogP contribution in [-0.2, 0) is 9.59 Å². The molecular formula is C27H22N4O5. The van der Waals surface area contributed by atoms with E-state index < -0.39 is 16.7 Å². The largest absolute Gasteiger partial charge is 0.455 e. The first-order chi connectivity index (χ1) is 17.5. The molecule has 0 radical (unpaired) electrons. The number of hydrogen-bond donors (Lipinski definition) is 2. The van der Waals surface area contributed by atoms with E-state index in [0.717, 1.165) is 11.1 Å². The number of benzene rings is 3. The highest BCUT2D eigenvalue weighted by atomic mass is 16.6. The van der Waals surface area contributed by atoms with Crippen LogP contribution < -0.4 is 10.7 Å². The Morgan fingerprint density at radius 1 is 0.917 bits per heavy atom. The number of carbonyl (C=O) groups is 2.